The van der Waals surface area contributed by atoms with E-state index in [9.17, 15) is 9.59 Å². The molecule has 2 unspecified atom stereocenters. The summed E-state index contributed by atoms with van der Waals surface area (Å²) in [5, 5.41) is 2.87. The first-order valence-corrected chi connectivity index (χ1v) is 7.23. The molecule has 3 rings (SSSR count). The number of carbonyl (C=O) groups is 2. The molecule has 0 saturated carbocycles. The number of hydrogen-bond donors (Lipinski definition) is 1. The summed E-state index contributed by atoms with van der Waals surface area (Å²) < 4.78 is 5.26. The van der Waals surface area contributed by atoms with E-state index in [4.69, 9.17) is 4.74 Å². The average Bonchev–Trinajstić information content (AvgIpc) is 2.70. The maximum atomic E-state index is 12.0. The van der Waals surface area contributed by atoms with Gasteiger partial charge in [-0.1, -0.05) is 30.4 Å². The Kier molecular flexibility index (Phi) is 3.15. The lowest BCUT2D eigenvalue weighted by atomic mass is 9.70. The highest BCUT2D eigenvalue weighted by Crippen LogP contribution is 2.40. The second-order valence-electron chi connectivity index (χ2n) is 6.63. The molecule has 1 aliphatic heterocycles. The molecule has 0 aromatic rings. The Bertz CT molecular complexity index is 569. The summed E-state index contributed by atoms with van der Waals surface area (Å²) in [6, 6.07) is -0.489. The summed E-state index contributed by atoms with van der Waals surface area (Å²) in [6.07, 6.45) is 9.93. The van der Waals surface area contributed by atoms with Crippen molar-refractivity contribution < 1.29 is 14.3 Å². The van der Waals surface area contributed by atoms with Crippen LogP contribution in [0.5, 0.6) is 0 Å². The minimum absolute atomic E-state index is 0.109. The fourth-order valence-electron chi connectivity index (χ4n) is 2.88. The summed E-state index contributed by atoms with van der Waals surface area (Å²) in [7, 11) is 0. The third-order valence-corrected chi connectivity index (χ3v) is 3.87. The number of rotatable bonds is 1. The van der Waals surface area contributed by atoms with E-state index < -0.39 is 11.7 Å². The fraction of sp³-hybridized carbons (Fsp3) is 0.500. The first-order valence-electron chi connectivity index (χ1n) is 7.23. The summed E-state index contributed by atoms with van der Waals surface area (Å²) in [6.45, 7) is 5.69. The molecule has 1 saturated heterocycles. The number of nitrogens with zero attached hydrogens (tertiary/aromatic N) is 1. The van der Waals surface area contributed by atoms with E-state index in [1.165, 1.54) is 5.57 Å². The number of hydrogen-bond acceptors (Lipinski definition) is 3. The van der Waals surface area contributed by atoms with Crippen LogP contribution in [0.3, 0.4) is 0 Å². The lowest BCUT2D eigenvalue weighted by Crippen LogP contribution is -2.38. The molecule has 3 amide bonds. The Hall–Kier alpha value is -2.04. The molecule has 2 aliphatic carbocycles. The molecule has 0 aromatic heterocycles. The molecule has 5 nitrogen and oxygen atoms in total. The highest BCUT2D eigenvalue weighted by Gasteiger charge is 2.42. The monoisotopic (exact) mass is 288 g/mol. The van der Waals surface area contributed by atoms with Crippen LogP contribution in [-0.2, 0) is 4.74 Å². The number of ether oxygens (including phenoxy) is 1. The predicted molar refractivity (Wildman–Crippen MR) is 78.6 cm³/mol. The third kappa shape index (κ3) is 2.60. The maximum absolute atomic E-state index is 12.0. The summed E-state index contributed by atoms with van der Waals surface area (Å²) in [5.41, 5.74) is 0.577. The molecule has 1 fully saturated rings. The van der Waals surface area contributed by atoms with Gasteiger partial charge in [0.15, 0.2) is 0 Å². The standard InChI is InChI=1S/C16H20N2O3/c1-16(2,3)21-15(20)18-9-13(17-14(18)19)12-8-10-6-4-5-7-11(10)12/h4-8,10-11,13H,9H2,1-3H3,(H,17,19)/t10?,11-,13?/m0/s1. The Morgan fingerprint density at radius 1 is 1.33 bits per heavy atom. The predicted octanol–water partition coefficient (Wildman–Crippen LogP) is 2.61. The van der Waals surface area contributed by atoms with Gasteiger partial charge in [0.1, 0.15) is 5.60 Å². The number of imide groups is 1. The average molecular weight is 288 g/mol. The first kappa shape index (κ1) is 13.9. The van der Waals surface area contributed by atoms with E-state index in [0.29, 0.717) is 18.4 Å². The highest BCUT2D eigenvalue weighted by molar-refractivity contribution is 5.93. The number of fused-ring (bicyclic) bond motifs is 1. The maximum Gasteiger partial charge on any atom is 0.418 e. The number of urea groups is 1. The van der Waals surface area contributed by atoms with Gasteiger partial charge in [-0.25, -0.2) is 14.5 Å². The van der Waals surface area contributed by atoms with Gasteiger partial charge < -0.3 is 10.1 Å². The van der Waals surface area contributed by atoms with Crippen LogP contribution in [0.4, 0.5) is 9.59 Å². The van der Waals surface area contributed by atoms with Gasteiger partial charge >= 0.3 is 12.1 Å². The van der Waals surface area contributed by atoms with Crippen LogP contribution >= 0.6 is 0 Å². The van der Waals surface area contributed by atoms with Crippen LogP contribution < -0.4 is 5.32 Å². The molecule has 0 radical (unpaired) electrons. The van der Waals surface area contributed by atoms with Gasteiger partial charge in [-0.3, -0.25) is 0 Å². The van der Waals surface area contributed by atoms with E-state index in [0.717, 1.165) is 4.90 Å². The molecule has 3 aliphatic rings. The van der Waals surface area contributed by atoms with Crippen LogP contribution in [0, 0.1) is 11.8 Å². The summed E-state index contributed by atoms with van der Waals surface area (Å²) in [5.74, 6) is 0.774. The molecule has 3 atom stereocenters. The van der Waals surface area contributed by atoms with E-state index in [1.54, 1.807) is 20.8 Å². The number of allylic oxidation sites excluding steroid dienone is 5. The molecule has 0 spiro atoms. The summed E-state index contributed by atoms with van der Waals surface area (Å²) >= 11 is 0. The minimum atomic E-state index is -0.604. The lowest BCUT2D eigenvalue weighted by molar-refractivity contribution is 0.0350. The number of nitrogens with one attached hydrogen (secondary N) is 1. The van der Waals surface area contributed by atoms with Crippen LogP contribution in [-0.4, -0.2) is 35.2 Å². The SMILES string of the molecule is CC(C)(C)OC(=O)N1CC(C2=CC3C=CC=C[C@H]23)NC1=O. The van der Waals surface area contributed by atoms with Crippen molar-refractivity contribution in [3.8, 4) is 0 Å². The largest absolute Gasteiger partial charge is 0.443 e. The van der Waals surface area contributed by atoms with Gasteiger partial charge in [-0.2, -0.15) is 0 Å². The molecule has 112 valence electrons. The Morgan fingerprint density at radius 2 is 2.05 bits per heavy atom. The second-order valence-corrected chi connectivity index (χ2v) is 6.63. The van der Waals surface area contributed by atoms with Gasteiger partial charge in [-0.05, 0) is 26.3 Å². The first-order chi connectivity index (χ1) is 9.85. The highest BCUT2D eigenvalue weighted by atomic mass is 16.6. The van der Waals surface area contributed by atoms with Crippen molar-refractivity contribution in [2.45, 2.75) is 32.4 Å². The van der Waals surface area contributed by atoms with Crippen molar-refractivity contribution in [3.05, 3.63) is 36.0 Å². The smallest absolute Gasteiger partial charge is 0.418 e. The third-order valence-electron chi connectivity index (χ3n) is 3.87. The molecular formula is C16H20N2O3. The van der Waals surface area contributed by atoms with Crippen LogP contribution in [0.1, 0.15) is 20.8 Å². The van der Waals surface area contributed by atoms with Crippen molar-refractivity contribution in [1.82, 2.24) is 10.2 Å². The van der Waals surface area contributed by atoms with Gasteiger partial charge in [0.05, 0.1) is 12.6 Å². The Labute approximate surface area is 124 Å². The van der Waals surface area contributed by atoms with Crippen molar-refractivity contribution in [1.29, 1.82) is 0 Å². The fourth-order valence-corrected chi connectivity index (χ4v) is 2.88. The van der Waals surface area contributed by atoms with Gasteiger partial charge in [0.2, 0.25) is 0 Å². The van der Waals surface area contributed by atoms with Gasteiger partial charge in [-0.15, -0.1) is 0 Å². The Balaban J connectivity index is 1.67. The zero-order chi connectivity index (χ0) is 15.2. The van der Waals surface area contributed by atoms with E-state index >= 15 is 0 Å². The summed E-state index contributed by atoms with van der Waals surface area (Å²) in [4.78, 5) is 25.1. The van der Waals surface area contributed by atoms with Gasteiger partial charge in [0, 0.05) is 11.8 Å². The molecule has 1 N–H and O–H groups in total. The van der Waals surface area contributed by atoms with Crippen molar-refractivity contribution >= 4 is 12.1 Å². The van der Waals surface area contributed by atoms with Crippen LogP contribution in [0.2, 0.25) is 0 Å². The number of amides is 3. The van der Waals surface area contributed by atoms with Crippen molar-refractivity contribution in [2.75, 3.05) is 6.54 Å². The lowest BCUT2D eigenvalue weighted by Gasteiger charge is -2.36. The minimum Gasteiger partial charge on any atom is -0.443 e. The van der Waals surface area contributed by atoms with Crippen LogP contribution in [0.25, 0.3) is 0 Å². The number of carbonyl (C=O) groups excluding carboxylic acids is 2. The van der Waals surface area contributed by atoms with Crippen molar-refractivity contribution in [3.63, 3.8) is 0 Å². The molecule has 1 heterocycles. The van der Waals surface area contributed by atoms with E-state index in [2.05, 4.69) is 23.5 Å². The molecular weight excluding hydrogens is 268 g/mol. The van der Waals surface area contributed by atoms with Gasteiger partial charge in [0.25, 0.3) is 0 Å². The molecule has 0 bridgehead atoms. The van der Waals surface area contributed by atoms with Crippen molar-refractivity contribution in [2.24, 2.45) is 11.8 Å². The molecule has 21 heavy (non-hydrogen) atoms. The molecule has 0 aromatic carbocycles. The van der Waals surface area contributed by atoms with E-state index in [-0.39, 0.29) is 12.1 Å². The van der Waals surface area contributed by atoms with E-state index in [1.807, 2.05) is 12.2 Å². The zero-order valence-electron chi connectivity index (χ0n) is 12.5. The molecule has 5 heteroatoms. The topological polar surface area (TPSA) is 58.6 Å². The quantitative estimate of drug-likeness (QED) is 0.755. The normalized spacial score (nSPS) is 30.4. The second kappa shape index (κ2) is 4.76. The zero-order valence-corrected chi connectivity index (χ0v) is 12.5. The Morgan fingerprint density at radius 3 is 2.71 bits per heavy atom. The van der Waals surface area contributed by atoms with Crippen LogP contribution in [0.15, 0.2) is 36.0 Å².